The Hall–Kier alpha value is -3.31. The monoisotopic (exact) mass is 388 g/mol. The van der Waals surface area contributed by atoms with Crippen molar-refractivity contribution in [3.63, 3.8) is 0 Å². The van der Waals surface area contributed by atoms with Crippen LogP contribution < -0.4 is 20.1 Å². The average Bonchev–Trinajstić information content (AvgIpc) is 2.76. The molecule has 148 valence electrons. The number of fused-ring (bicyclic) bond motifs is 1. The van der Waals surface area contributed by atoms with E-state index in [1.807, 2.05) is 85.8 Å². The second-order valence-electron chi connectivity index (χ2n) is 7.10. The fourth-order valence-corrected chi connectivity index (χ4v) is 3.27. The molecule has 2 N–H and O–H groups in total. The first kappa shape index (κ1) is 19.0. The normalized spacial score (nSPS) is 16.1. The summed E-state index contributed by atoms with van der Waals surface area (Å²) in [7, 11) is 0. The van der Waals surface area contributed by atoms with E-state index in [0.717, 1.165) is 28.3 Å². The van der Waals surface area contributed by atoms with E-state index in [0.29, 0.717) is 13.2 Å². The van der Waals surface area contributed by atoms with Gasteiger partial charge in [0.2, 0.25) is 5.91 Å². The molecule has 2 atom stereocenters. The second-order valence-corrected chi connectivity index (χ2v) is 7.10. The van der Waals surface area contributed by atoms with Crippen molar-refractivity contribution >= 4 is 11.6 Å². The van der Waals surface area contributed by atoms with Gasteiger partial charge >= 0.3 is 0 Å². The number of hydrogen-bond acceptors (Lipinski definition) is 4. The molecule has 5 nitrogen and oxygen atoms in total. The maximum atomic E-state index is 13.0. The minimum absolute atomic E-state index is 0.114. The van der Waals surface area contributed by atoms with Gasteiger partial charge in [0, 0.05) is 12.2 Å². The molecule has 1 amide bonds. The lowest BCUT2D eigenvalue weighted by molar-refractivity contribution is -0.118. The van der Waals surface area contributed by atoms with E-state index in [9.17, 15) is 4.79 Å². The van der Waals surface area contributed by atoms with E-state index in [2.05, 4.69) is 10.6 Å². The minimum atomic E-state index is -0.502. The third kappa shape index (κ3) is 4.76. The van der Waals surface area contributed by atoms with Crippen LogP contribution in [0.3, 0.4) is 0 Å². The van der Waals surface area contributed by atoms with E-state index in [-0.39, 0.29) is 12.0 Å². The Morgan fingerprint density at radius 1 is 0.966 bits per heavy atom. The third-order valence-electron chi connectivity index (χ3n) is 4.83. The number of para-hydroxylation sites is 2. The molecule has 0 bridgehead atoms. The number of ether oxygens (including phenoxy) is 2. The molecule has 5 heteroatoms. The zero-order valence-electron chi connectivity index (χ0n) is 16.3. The van der Waals surface area contributed by atoms with Crippen molar-refractivity contribution in [3.8, 4) is 11.5 Å². The van der Waals surface area contributed by atoms with Gasteiger partial charge in [-0.1, -0.05) is 60.2 Å². The van der Waals surface area contributed by atoms with Crippen molar-refractivity contribution in [3.05, 3.63) is 90.0 Å². The number of carbonyl (C=O) groups excluding carboxylic acids is 1. The Kier molecular flexibility index (Phi) is 5.77. The number of rotatable bonds is 6. The molecule has 1 heterocycles. The predicted octanol–water partition coefficient (Wildman–Crippen LogP) is 4.10. The van der Waals surface area contributed by atoms with Crippen LogP contribution in [-0.2, 0) is 4.79 Å². The van der Waals surface area contributed by atoms with Crippen LogP contribution in [0, 0.1) is 6.92 Å². The predicted molar refractivity (Wildman–Crippen MR) is 113 cm³/mol. The number of amides is 1. The largest absolute Gasteiger partial charge is 0.486 e. The van der Waals surface area contributed by atoms with Gasteiger partial charge in [0.1, 0.15) is 18.8 Å². The Morgan fingerprint density at radius 2 is 1.66 bits per heavy atom. The Labute approximate surface area is 170 Å². The van der Waals surface area contributed by atoms with Gasteiger partial charge < -0.3 is 14.8 Å². The van der Waals surface area contributed by atoms with Crippen molar-refractivity contribution in [1.82, 2.24) is 5.32 Å². The quantitative estimate of drug-likeness (QED) is 0.667. The van der Waals surface area contributed by atoms with Gasteiger partial charge in [-0.05, 0) is 36.8 Å². The van der Waals surface area contributed by atoms with E-state index in [1.54, 1.807) is 0 Å². The fourth-order valence-electron chi connectivity index (χ4n) is 3.27. The van der Waals surface area contributed by atoms with Crippen LogP contribution in [0.4, 0.5) is 5.69 Å². The molecule has 2 unspecified atom stereocenters. The maximum absolute atomic E-state index is 13.0. The highest BCUT2D eigenvalue weighted by Crippen LogP contribution is 2.30. The molecular formula is C24H24N2O3. The lowest BCUT2D eigenvalue weighted by Gasteiger charge is -2.28. The van der Waals surface area contributed by atoms with Gasteiger partial charge in [-0.2, -0.15) is 0 Å². The number of carbonyl (C=O) groups is 1. The van der Waals surface area contributed by atoms with E-state index >= 15 is 0 Å². The zero-order valence-corrected chi connectivity index (χ0v) is 16.3. The van der Waals surface area contributed by atoms with Gasteiger partial charge in [0.25, 0.3) is 0 Å². The minimum Gasteiger partial charge on any atom is -0.486 e. The smallest absolute Gasteiger partial charge is 0.246 e. The SMILES string of the molecule is Cc1ccc(NC(=O)C(NCC2COc3ccccc3O2)c2ccccc2)cc1. The number of nitrogens with one attached hydrogen (secondary N) is 2. The van der Waals surface area contributed by atoms with E-state index < -0.39 is 6.04 Å². The first-order valence-corrected chi connectivity index (χ1v) is 9.73. The van der Waals surface area contributed by atoms with Crippen molar-refractivity contribution in [2.45, 2.75) is 19.1 Å². The van der Waals surface area contributed by atoms with E-state index in [1.165, 1.54) is 0 Å². The topological polar surface area (TPSA) is 59.6 Å². The van der Waals surface area contributed by atoms with Crippen LogP contribution in [0.5, 0.6) is 11.5 Å². The Balaban J connectivity index is 1.45. The number of anilines is 1. The molecule has 3 aromatic rings. The number of hydrogen-bond donors (Lipinski definition) is 2. The van der Waals surface area contributed by atoms with Gasteiger partial charge in [0.15, 0.2) is 11.5 Å². The summed E-state index contributed by atoms with van der Waals surface area (Å²) in [4.78, 5) is 13.0. The molecule has 4 rings (SSSR count). The first-order valence-electron chi connectivity index (χ1n) is 9.73. The maximum Gasteiger partial charge on any atom is 0.246 e. The average molecular weight is 388 g/mol. The fraction of sp³-hybridized carbons (Fsp3) is 0.208. The summed E-state index contributed by atoms with van der Waals surface area (Å²) in [5.74, 6) is 1.36. The summed E-state index contributed by atoms with van der Waals surface area (Å²) in [6.07, 6.45) is -0.178. The molecule has 0 aromatic heterocycles. The summed E-state index contributed by atoms with van der Waals surface area (Å²) < 4.78 is 11.8. The van der Waals surface area contributed by atoms with Crippen LogP contribution in [-0.4, -0.2) is 25.2 Å². The Bertz CT molecular complexity index is 957. The highest BCUT2D eigenvalue weighted by Gasteiger charge is 2.25. The molecular weight excluding hydrogens is 364 g/mol. The van der Waals surface area contributed by atoms with Crippen LogP contribution in [0.15, 0.2) is 78.9 Å². The standard InChI is InChI=1S/C24H24N2O3/c1-17-11-13-19(14-12-17)26-24(27)23(18-7-3-2-4-8-18)25-15-20-16-28-21-9-5-6-10-22(21)29-20/h2-14,20,23,25H,15-16H2,1H3,(H,26,27). The van der Waals surface area contributed by atoms with Crippen LogP contribution in [0.25, 0.3) is 0 Å². The summed E-state index contributed by atoms with van der Waals surface area (Å²) in [6.45, 7) is 2.94. The Morgan fingerprint density at radius 3 is 2.41 bits per heavy atom. The second kappa shape index (κ2) is 8.80. The third-order valence-corrected chi connectivity index (χ3v) is 4.83. The highest BCUT2D eigenvalue weighted by atomic mass is 16.6. The summed E-state index contributed by atoms with van der Waals surface area (Å²) >= 11 is 0. The van der Waals surface area contributed by atoms with Gasteiger partial charge in [-0.3, -0.25) is 10.1 Å². The van der Waals surface area contributed by atoms with Crippen LogP contribution in [0.1, 0.15) is 17.2 Å². The number of aryl methyl sites for hydroxylation is 1. The molecule has 0 aliphatic carbocycles. The molecule has 0 saturated carbocycles. The molecule has 3 aromatic carbocycles. The lowest BCUT2D eigenvalue weighted by atomic mass is 10.1. The molecule has 0 spiro atoms. The van der Waals surface area contributed by atoms with Crippen molar-refractivity contribution < 1.29 is 14.3 Å². The first-order chi connectivity index (χ1) is 14.2. The van der Waals surface area contributed by atoms with Gasteiger partial charge in [0.05, 0.1) is 0 Å². The highest BCUT2D eigenvalue weighted by molar-refractivity contribution is 5.95. The molecule has 0 radical (unpaired) electrons. The van der Waals surface area contributed by atoms with E-state index in [4.69, 9.17) is 9.47 Å². The van der Waals surface area contributed by atoms with Crippen molar-refractivity contribution in [2.24, 2.45) is 0 Å². The molecule has 1 aliphatic rings. The van der Waals surface area contributed by atoms with Crippen LogP contribution >= 0.6 is 0 Å². The zero-order chi connectivity index (χ0) is 20.1. The summed E-state index contributed by atoms with van der Waals surface area (Å²) in [6, 6.07) is 24.6. The molecule has 0 fully saturated rings. The van der Waals surface area contributed by atoms with Crippen molar-refractivity contribution in [1.29, 1.82) is 0 Å². The molecule has 1 aliphatic heterocycles. The summed E-state index contributed by atoms with van der Waals surface area (Å²) in [5, 5.41) is 6.35. The lowest BCUT2D eigenvalue weighted by Crippen LogP contribution is -2.42. The molecule has 0 saturated heterocycles. The van der Waals surface area contributed by atoms with Crippen LogP contribution in [0.2, 0.25) is 0 Å². The number of benzene rings is 3. The van der Waals surface area contributed by atoms with Gasteiger partial charge in [-0.15, -0.1) is 0 Å². The van der Waals surface area contributed by atoms with Crippen molar-refractivity contribution in [2.75, 3.05) is 18.5 Å². The summed E-state index contributed by atoms with van der Waals surface area (Å²) in [5.41, 5.74) is 2.82. The van der Waals surface area contributed by atoms with Gasteiger partial charge in [-0.25, -0.2) is 0 Å². The molecule has 29 heavy (non-hydrogen) atoms.